The maximum atomic E-state index is 12.4. The average molecular weight is 310 g/mol. The molecule has 0 fully saturated rings. The zero-order chi connectivity index (χ0) is 16.2. The van der Waals surface area contributed by atoms with Gasteiger partial charge < -0.3 is 0 Å². The van der Waals surface area contributed by atoms with E-state index in [9.17, 15) is 18.0 Å². The molecule has 1 N–H and O–H groups in total. The van der Waals surface area contributed by atoms with Crippen molar-refractivity contribution in [3.8, 4) is 0 Å². The number of carbonyl (C=O) groups excluding carboxylic acids is 1. The number of aromatic nitrogens is 2. The number of nitrogens with zero attached hydrogens (tertiary/aromatic N) is 3. The summed E-state index contributed by atoms with van der Waals surface area (Å²) in [7, 11) is 1.50. The van der Waals surface area contributed by atoms with Crippen LogP contribution in [0.1, 0.15) is 21.7 Å². The third kappa shape index (κ3) is 4.01. The van der Waals surface area contributed by atoms with Crippen molar-refractivity contribution in [2.24, 2.45) is 0 Å². The molecular formula is C14H13F3N4O. The van der Waals surface area contributed by atoms with Gasteiger partial charge in [0.05, 0.1) is 17.8 Å². The lowest BCUT2D eigenvalue weighted by Crippen LogP contribution is -2.39. The van der Waals surface area contributed by atoms with Gasteiger partial charge in [-0.05, 0) is 24.3 Å². The first-order valence-corrected chi connectivity index (χ1v) is 6.32. The van der Waals surface area contributed by atoms with Crippen LogP contribution in [0.2, 0.25) is 0 Å². The summed E-state index contributed by atoms with van der Waals surface area (Å²) in [5.41, 5.74) is 2.59. The predicted molar refractivity (Wildman–Crippen MR) is 72.4 cm³/mol. The molecular weight excluding hydrogens is 297 g/mol. The Labute approximate surface area is 124 Å². The number of rotatable bonds is 4. The molecule has 0 atom stereocenters. The molecule has 2 aromatic heterocycles. The maximum absolute atomic E-state index is 12.4. The fourth-order valence-electron chi connectivity index (χ4n) is 1.63. The molecule has 5 nitrogen and oxygen atoms in total. The van der Waals surface area contributed by atoms with Crippen molar-refractivity contribution in [3.63, 3.8) is 0 Å². The minimum atomic E-state index is -4.41. The average Bonchev–Trinajstić information content (AvgIpc) is 2.52. The quantitative estimate of drug-likeness (QED) is 0.880. The summed E-state index contributed by atoms with van der Waals surface area (Å²) in [5.74, 6) is -0.354. The Bertz CT molecular complexity index is 629. The summed E-state index contributed by atoms with van der Waals surface area (Å²) < 4.78 is 37.2. The van der Waals surface area contributed by atoms with Gasteiger partial charge in [-0.1, -0.05) is 6.07 Å². The van der Waals surface area contributed by atoms with Crippen molar-refractivity contribution in [1.82, 2.24) is 20.4 Å². The molecule has 0 spiro atoms. The summed E-state index contributed by atoms with van der Waals surface area (Å²) in [6.07, 6.45) is -2.15. The number of hydrazine groups is 1. The van der Waals surface area contributed by atoms with Crippen LogP contribution in [0.4, 0.5) is 13.2 Å². The second-order valence-electron chi connectivity index (χ2n) is 4.45. The fraction of sp³-hybridized carbons (Fsp3) is 0.214. The van der Waals surface area contributed by atoms with Gasteiger partial charge in [-0.2, -0.15) is 13.2 Å². The van der Waals surface area contributed by atoms with Gasteiger partial charge >= 0.3 is 6.18 Å². The Balaban J connectivity index is 1.94. The second-order valence-corrected chi connectivity index (χ2v) is 4.45. The number of halogens is 3. The number of amides is 1. The summed E-state index contributed by atoms with van der Waals surface area (Å²) in [4.78, 5) is 19.6. The highest BCUT2D eigenvalue weighted by Gasteiger charge is 2.30. The molecule has 116 valence electrons. The molecule has 22 heavy (non-hydrogen) atoms. The molecule has 0 aliphatic carbocycles. The standard InChI is InChI=1S/C14H13F3N4O/c1-21(13(22)12-4-2-3-7-18-12)20-9-11-6-5-10(8-19-11)14(15,16)17/h2-8,20H,9H2,1H3. The van der Waals surface area contributed by atoms with E-state index < -0.39 is 11.7 Å². The molecule has 0 unspecified atom stereocenters. The van der Waals surface area contributed by atoms with E-state index in [0.29, 0.717) is 5.69 Å². The van der Waals surface area contributed by atoms with Crippen LogP contribution in [-0.2, 0) is 12.7 Å². The van der Waals surface area contributed by atoms with Crippen LogP contribution >= 0.6 is 0 Å². The second kappa shape index (κ2) is 6.52. The molecule has 0 bridgehead atoms. The first-order chi connectivity index (χ1) is 10.4. The SMILES string of the molecule is CN(NCc1ccc(C(F)(F)F)cn1)C(=O)c1ccccn1. The molecule has 0 aliphatic heterocycles. The molecule has 0 saturated carbocycles. The van der Waals surface area contributed by atoms with Crippen LogP contribution in [0.3, 0.4) is 0 Å². The van der Waals surface area contributed by atoms with Crippen LogP contribution in [0.5, 0.6) is 0 Å². The zero-order valence-corrected chi connectivity index (χ0v) is 11.6. The molecule has 8 heteroatoms. The smallest absolute Gasteiger partial charge is 0.275 e. The summed E-state index contributed by atoms with van der Waals surface area (Å²) >= 11 is 0. The lowest BCUT2D eigenvalue weighted by Gasteiger charge is -2.17. The Morgan fingerprint density at radius 1 is 1.23 bits per heavy atom. The molecule has 2 rings (SSSR count). The van der Waals surface area contributed by atoms with E-state index in [1.807, 2.05) is 0 Å². The molecule has 0 saturated heterocycles. The maximum Gasteiger partial charge on any atom is 0.417 e. The number of nitrogens with one attached hydrogen (secondary N) is 1. The number of hydrogen-bond donors (Lipinski definition) is 1. The topological polar surface area (TPSA) is 58.1 Å². The van der Waals surface area contributed by atoms with Gasteiger partial charge in [0.25, 0.3) is 5.91 Å². The number of alkyl halides is 3. The molecule has 0 aliphatic rings. The number of pyridine rings is 2. The van der Waals surface area contributed by atoms with Crippen molar-refractivity contribution in [1.29, 1.82) is 0 Å². The third-order valence-electron chi connectivity index (χ3n) is 2.84. The first kappa shape index (κ1) is 15.9. The van der Waals surface area contributed by atoms with E-state index in [1.165, 1.54) is 24.3 Å². The van der Waals surface area contributed by atoms with Gasteiger partial charge in [-0.25, -0.2) is 5.43 Å². The van der Waals surface area contributed by atoms with Gasteiger partial charge in [-0.3, -0.25) is 19.8 Å². The van der Waals surface area contributed by atoms with E-state index >= 15 is 0 Å². The highest BCUT2D eigenvalue weighted by Crippen LogP contribution is 2.28. The van der Waals surface area contributed by atoms with Crippen molar-refractivity contribution >= 4 is 5.91 Å². The summed E-state index contributed by atoms with van der Waals surface area (Å²) in [5, 5.41) is 1.21. The van der Waals surface area contributed by atoms with Gasteiger partial charge in [0.2, 0.25) is 0 Å². The van der Waals surface area contributed by atoms with E-state index in [2.05, 4.69) is 15.4 Å². The van der Waals surface area contributed by atoms with Crippen molar-refractivity contribution in [3.05, 3.63) is 59.7 Å². The molecule has 0 aromatic carbocycles. The third-order valence-corrected chi connectivity index (χ3v) is 2.84. The normalized spacial score (nSPS) is 11.3. The zero-order valence-electron chi connectivity index (χ0n) is 11.6. The Kier molecular flexibility index (Phi) is 4.71. The predicted octanol–water partition coefficient (Wildman–Crippen LogP) is 2.27. The van der Waals surface area contributed by atoms with Gasteiger partial charge in [0.1, 0.15) is 5.69 Å². The van der Waals surface area contributed by atoms with Crippen LogP contribution < -0.4 is 5.43 Å². The Morgan fingerprint density at radius 2 is 2.00 bits per heavy atom. The fourth-order valence-corrected chi connectivity index (χ4v) is 1.63. The lowest BCUT2D eigenvalue weighted by atomic mass is 10.2. The van der Waals surface area contributed by atoms with Gasteiger partial charge in [0, 0.05) is 19.4 Å². The van der Waals surface area contributed by atoms with Gasteiger partial charge in [-0.15, -0.1) is 0 Å². The summed E-state index contributed by atoms with van der Waals surface area (Å²) in [6, 6.07) is 7.15. The highest BCUT2D eigenvalue weighted by atomic mass is 19.4. The molecule has 1 amide bonds. The van der Waals surface area contributed by atoms with E-state index in [4.69, 9.17) is 0 Å². The molecule has 2 heterocycles. The van der Waals surface area contributed by atoms with Crippen molar-refractivity contribution in [2.75, 3.05) is 7.05 Å². The molecule has 0 radical (unpaired) electrons. The minimum Gasteiger partial charge on any atom is -0.275 e. The largest absolute Gasteiger partial charge is 0.417 e. The highest BCUT2D eigenvalue weighted by molar-refractivity contribution is 5.91. The van der Waals surface area contributed by atoms with Gasteiger partial charge in [0.15, 0.2) is 0 Å². The van der Waals surface area contributed by atoms with Crippen molar-refractivity contribution in [2.45, 2.75) is 12.7 Å². The number of hydrogen-bond acceptors (Lipinski definition) is 4. The van der Waals surface area contributed by atoms with Crippen LogP contribution in [0, 0.1) is 0 Å². The van der Waals surface area contributed by atoms with Crippen LogP contribution in [0.25, 0.3) is 0 Å². The minimum absolute atomic E-state index is 0.118. The van der Waals surface area contributed by atoms with Crippen LogP contribution in [-0.4, -0.2) is 27.9 Å². The van der Waals surface area contributed by atoms with Crippen molar-refractivity contribution < 1.29 is 18.0 Å². The Hall–Kier alpha value is -2.48. The Morgan fingerprint density at radius 3 is 2.55 bits per heavy atom. The summed E-state index contributed by atoms with van der Waals surface area (Å²) in [6.45, 7) is 0.118. The monoisotopic (exact) mass is 310 g/mol. The van der Waals surface area contributed by atoms with E-state index in [0.717, 1.165) is 12.3 Å². The van der Waals surface area contributed by atoms with Crippen LogP contribution in [0.15, 0.2) is 42.7 Å². The first-order valence-electron chi connectivity index (χ1n) is 6.32. The molecule has 2 aromatic rings. The van der Waals surface area contributed by atoms with E-state index in [1.54, 1.807) is 18.2 Å². The van der Waals surface area contributed by atoms with E-state index in [-0.39, 0.29) is 18.1 Å². The number of carbonyl (C=O) groups is 1. The lowest BCUT2D eigenvalue weighted by molar-refractivity contribution is -0.137.